The molecule has 0 saturated carbocycles. The molecule has 2 fully saturated rings. The minimum Gasteiger partial charge on any atom is -0.180 e. The van der Waals surface area contributed by atoms with Crippen molar-refractivity contribution >= 4 is 11.5 Å². The van der Waals surface area contributed by atoms with Gasteiger partial charge in [0, 0.05) is 36.7 Å². The SMILES string of the molecule is C[N+](C#N)=C1CCCN1[N+]1(c2ccc(-c3ccccc3)cc2)CCCCC1. The van der Waals surface area contributed by atoms with E-state index in [0.29, 0.717) is 0 Å². The van der Waals surface area contributed by atoms with Crippen LogP contribution >= 0.6 is 0 Å². The Hall–Kier alpha value is -2.64. The Morgan fingerprint density at radius 1 is 0.889 bits per heavy atom. The Morgan fingerprint density at radius 2 is 1.56 bits per heavy atom. The molecule has 2 heterocycles. The average Bonchev–Trinajstić information content (AvgIpc) is 3.25. The standard InChI is InChI=1S/C23H28N4/c1-25(19-24)23-11-8-16-26(23)27(17-6-3-7-18-27)22-14-12-21(13-15-22)20-9-4-2-5-10-20/h2,4-5,9-10,12-15H,3,6-8,11,16-18H2,1H3/q+2. The molecule has 138 valence electrons. The van der Waals surface area contributed by atoms with Gasteiger partial charge in [-0.2, -0.15) is 4.58 Å². The third kappa shape index (κ3) is 3.24. The predicted molar refractivity (Wildman–Crippen MR) is 110 cm³/mol. The van der Waals surface area contributed by atoms with Crippen LogP contribution in [0.3, 0.4) is 0 Å². The third-order valence-electron chi connectivity index (χ3n) is 6.08. The van der Waals surface area contributed by atoms with E-state index in [1.54, 1.807) is 4.58 Å². The molecule has 2 aromatic carbocycles. The molecule has 0 unspecified atom stereocenters. The monoisotopic (exact) mass is 360 g/mol. The highest BCUT2D eigenvalue weighted by atomic mass is 15.8. The van der Waals surface area contributed by atoms with Crippen LogP contribution in [0, 0.1) is 11.5 Å². The van der Waals surface area contributed by atoms with Crippen LogP contribution in [0.15, 0.2) is 54.6 Å². The molecule has 4 nitrogen and oxygen atoms in total. The average molecular weight is 361 g/mol. The maximum atomic E-state index is 9.45. The number of amidine groups is 1. The van der Waals surface area contributed by atoms with Gasteiger partial charge in [-0.3, -0.25) is 0 Å². The van der Waals surface area contributed by atoms with Gasteiger partial charge in [0.1, 0.15) is 19.6 Å². The minimum atomic E-state index is 0.871. The summed E-state index contributed by atoms with van der Waals surface area (Å²) in [6.45, 7) is 3.27. The maximum absolute atomic E-state index is 9.45. The predicted octanol–water partition coefficient (Wildman–Crippen LogP) is 4.38. The topological polar surface area (TPSA) is 30.0 Å². The normalized spacial score (nSPS) is 21.0. The van der Waals surface area contributed by atoms with Crippen molar-refractivity contribution in [3.8, 4) is 17.3 Å². The first-order chi connectivity index (χ1) is 13.2. The van der Waals surface area contributed by atoms with Gasteiger partial charge in [0.2, 0.25) is 0 Å². The van der Waals surface area contributed by atoms with Crippen LogP contribution in [0.5, 0.6) is 0 Å². The second-order valence-corrected chi connectivity index (χ2v) is 7.65. The Morgan fingerprint density at radius 3 is 2.22 bits per heavy atom. The Kier molecular flexibility index (Phi) is 4.96. The zero-order chi connectivity index (χ0) is 18.7. The van der Waals surface area contributed by atoms with E-state index < -0.39 is 0 Å². The van der Waals surface area contributed by atoms with Crippen LogP contribution in [-0.4, -0.2) is 42.1 Å². The summed E-state index contributed by atoms with van der Waals surface area (Å²) in [6, 6.07) is 19.7. The summed E-state index contributed by atoms with van der Waals surface area (Å²) < 4.78 is 2.64. The zero-order valence-electron chi connectivity index (χ0n) is 16.1. The Labute approximate surface area is 162 Å². The highest BCUT2D eigenvalue weighted by Crippen LogP contribution is 2.35. The van der Waals surface area contributed by atoms with Gasteiger partial charge in [-0.1, -0.05) is 30.3 Å². The zero-order valence-corrected chi connectivity index (χ0v) is 16.1. The van der Waals surface area contributed by atoms with Crippen molar-refractivity contribution in [1.29, 1.82) is 5.26 Å². The molecule has 0 aliphatic carbocycles. The number of nitriles is 1. The van der Waals surface area contributed by atoms with Crippen molar-refractivity contribution in [2.45, 2.75) is 32.1 Å². The number of benzene rings is 2. The third-order valence-corrected chi connectivity index (χ3v) is 6.08. The summed E-state index contributed by atoms with van der Waals surface area (Å²) in [5, 5.41) is 11.9. The molecule has 2 aliphatic rings. The summed E-state index contributed by atoms with van der Waals surface area (Å²) in [5.41, 5.74) is 3.86. The Bertz CT molecular complexity index is 856. The molecule has 4 heteroatoms. The first-order valence-electron chi connectivity index (χ1n) is 10.0. The highest BCUT2D eigenvalue weighted by molar-refractivity contribution is 5.81. The van der Waals surface area contributed by atoms with Gasteiger partial charge in [0.15, 0.2) is 5.69 Å². The van der Waals surface area contributed by atoms with Crippen LogP contribution < -0.4 is 4.59 Å². The van der Waals surface area contributed by atoms with Crippen molar-refractivity contribution in [2.75, 3.05) is 26.7 Å². The fourth-order valence-electron chi connectivity index (χ4n) is 4.69. The van der Waals surface area contributed by atoms with E-state index in [1.807, 2.05) is 7.05 Å². The van der Waals surface area contributed by atoms with E-state index in [-0.39, 0.29) is 0 Å². The summed E-state index contributed by atoms with van der Waals surface area (Å²) in [6.07, 6.45) is 8.22. The fourth-order valence-corrected chi connectivity index (χ4v) is 4.69. The molecule has 0 radical (unpaired) electrons. The number of piperidine rings is 1. The summed E-state index contributed by atoms with van der Waals surface area (Å²) >= 11 is 0. The molecule has 27 heavy (non-hydrogen) atoms. The van der Waals surface area contributed by atoms with Crippen LogP contribution in [0.1, 0.15) is 32.1 Å². The van der Waals surface area contributed by atoms with Gasteiger partial charge in [-0.15, -0.1) is 9.60 Å². The molecule has 0 spiro atoms. The molecule has 4 rings (SSSR count). The van der Waals surface area contributed by atoms with Crippen molar-refractivity contribution in [2.24, 2.45) is 0 Å². The van der Waals surface area contributed by atoms with E-state index in [4.69, 9.17) is 0 Å². The lowest BCUT2D eigenvalue weighted by molar-refractivity contribution is -0.412. The van der Waals surface area contributed by atoms with Crippen LogP contribution in [0.2, 0.25) is 0 Å². The van der Waals surface area contributed by atoms with E-state index >= 15 is 0 Å². The smallest absolute Gasteiger partial charge is 0.180 e. The molecule has 2 aliphatic heterocycles. The van der Waals surface area contributed by atoms with Gasteiger partial charge in [-0.05, 0) is 36.1 Å². The first-order valence-corrected chi connectivity index (χ1v) is 10.0. The van der Waals surface area contributed by atoms with Gasteiger partial charge in [-0.25, -0.2) is 0 Å². The minimum absolute atomic E-state index is 0.871. The van der Waals surface area contributed by atoms with Crippen molar-refractivity contribution in [3.05, 3.63) is 54.6 Å². The Balaban J connectivity index is 1.74. The lowest BCUT2D eigenvalue weighted by Crippen LogP contribution is -2.65. The largest absolute Gasteiger partial charge is 0.370 e. The lowest BCUT2D eigenvalue weighted by Gasteiger charge is -2.43. The van der Waals surface area contributed by atoms with Gasteiger partial charge >= 0.3 is 6.19 Å². The molecule has 0 atom stereocenters. The van der Waals surface area contributed by atoms with Crippen molar-refractivity contribution in [1.82, 2.24) is 9.60 Å². The first kappa shape index (κ1) is 17.8. The van der Waals surface area contributed by atoms with E-state index in [9.17, 15) is 5.26 Å². The van der Waals surface area contributed by atoms with Gasteiger partial charge in [0.05, 0.1) is 7.05 Å². The van der Waals surface area contributed by atoms with Crippen LogP contribution in [0.4, 0.5) is 5.69 Å². The molecular weight excluding hydrogens is 332 g/mol. The highest BCUT2D eigenvalue weighted by Gasteiger charge is 2.47. The fraction of sp³-hybridized carbons (Fsp3) is 0.391. The van der Waals surface area contributed by atoms with E-state index in [1.165, 1.54) is 41.9 Å². The molecule has 0 bridgehead atoms. The quantitative estimate of drug-likeness (QED) is 0.352. The second kappa shape index (κ2) is 7.54. The summed E-state index contributed by atoms with van der Waals surface area (Å²) in [5.74, 6) is 1.17. The van der Waals surface area contributed by atoms with Crippen LogP contribution in [0.25, 0.3) is 11.1 Å². The van der Waals surface area contributed by atoms with Gasteiger partial charge < -0.3 is 0 Å². The maximum Gasteiger partial charge on any atom is 0.370 e. The van der Waals surface area contributed by atoms with Crippen molar-refractivity contribution in [3.63, 3.8) is 0 Å². The number of hydrogen-bond donors (Lipinski definition) is 0. The molecule has 2 aromatic rings. The lowest BCUT2D eigenvalue weighted by atomic mass is 10.0. The molecule has 0 amide bonds. The van der Waals surface area contributed by atoms with E-state index in [2.05, 4.69) is 65.8 Å². The molecule has 2 saturated heterocycles. The number of quaternary nitrogens is 1. The van der Waals surface area contributed by atoms with E-state index in [0.717, 1.165) is 37.1 Å². The second-order valence-electron chi connectivity index (χ2n) is 7.65. The molecular formula is C23H28N4+2. The molecule has 0 aromatic heterocycles. The summed E-state index contributed by atoms with van der Waals surface area (Å²) in [7, 11) is 1.90. The van der Waals surface area contributed by atoms with Crippen molar-refractivity contribution < 1.29 is 4.58 Å². The number of hydrogen-bond acceptors (Lipinski definition) is 1. The number of nitrogens with zero attached hydrogens (tertiary/aromatic N) is 4. The van der Waals surface area contributed by atoms with Crippen LogP contribution in [-0.2, 0) is 0 Å². The summed E-state index contributed by atoms with van der Waals surface area (Å²) in [4.78, 5) is 0. The molecule has 0 N–H and O–H groups in total. The number of rotatable bonds is 3. The van der Waals surface area contributed by atoms with Gasteiger partial charge in [0.25, 0.3) is 5.84 Å².